The van der Waals surface area contributed by atoms with Gasteiger partial charge in [0.05, 0.1) is 5.69 Å². The normalized spacial score (nSPS) is 10.2. The van der Waals surface area contributed by atoms with Crippen LogP contribution in [-0.4, -0.2) is 19.6 Å². The van der Waals surface area contributed by atoms with Gasteiger partial charge >= 0.3 is 0 Å². The molecular formula is C16H17IN2O2. The minimum absolute atomic E-state index is 0.00823. The van der Waals surface area contributed by atoms with Gasteiger partial charge in [-0.1, -0.05) is 30.3 Å². The molecule has 0 aliphatic carbocycles. The first-order chi connectivity index (χ1) is 10.2. The zero-order valence-electron chi connectivity index (χ0n) is 11.7. The first kappa shape index (κ1) is 15.8. The van der Waals surface area contributed by atoms with Crippen molar-refractivity contribution in [3.8, 4) is 5.75 Å². The second-order valence-corrected chi connectivity index (χ2v) is 5.62. The van der Waals surface area contributed by atoms with Crippen LogP contribution in [0.5, 0.6) is 5.75 Å². The molecule has 2 rings (SSSR count). The number of halogens is 1. The van der Waals surface area contributed by atoms with Crippen molar-refractivity contribution in [2.45, 2.75) is 6.54 Å². The first-order valence-corrected chi connectivity index (χ1v) is 7.68. The number of nitrogens with one attached hydrogen (secondary N) is 2. The highest BCUT2D eigenvalue weighted by atomic mass is 127. The number of anilines is 1. The Kier molecular flexibility index (Phi) is 6.01. The Balaban J connectivity index is 1.94. The van der Waals surface area contributed by atoms with Crippen molar-refractivity contribution in [3.05, 3.63) is 57.7 Å². The van der Waals surface area contributed by atoms with Crippen molar-refractivity contribution in [3.63, 3.8) is 0 Å². The van der Waals surface area contributed by atoms with Gasteiger partial charge in [-0.05, 0) is 47.8 Å². The summed E-state index contributed by atoms with van der Waals surface area (Å²) in [4.78, 5) is 12.0. The van der Waals surface area contributed by atoms with Gasteiger partial charge in [0.1, 0.15) is 5.75 Å². The molecule has 1 amide bonds. The summed E-state index contributed by atoms with van der Waals surface area (Å²) in [6, 6.07) is 15.3. The average Bonchev–Trinajstić information content (AvgIpc) is 2.49. The number of para-hydroxylation sites is 2. The molecule has 4 nitrogen and oxygen atoms in total. The largest absolute Gasteiger partial charge is 0.483 e. The Bertz CT molecular complexity index is 617. The first-order valence-electron chi connectivity index (χ1n) is 6.60. The molecule has 0 heterocycles. The molecule has 2 aromatic carbocycles. The van der Waals surface area contributed by atoms with Crippen LogP contribution in [0.25, 0.3) is 0 Å². The van der Waals surface area contributed by atoms with Crippen molar-refractivity contribution < 1.29 is 9.53 Å². The number of carbonyl (C=O) groups excluding carboxylic acids is 1. The van der Waals surface area contributed by atoms with Crippen LogP contribution in [0.15, 0.2) is 48.5 Å². The zero-order valence-corrected chi connectivity index (χ0v) is 13.9. The number of hydrogen-bond acceptors (Lipinski definition) is 3. The monoisotopic (exact) mass is 396 g/mol. The third-order valence-electron chi connectivity index (χ3n) is 2.85. The predicted octanol–water partition coefficient (Wildman–Crippen LogP) is 3.03. The van der Waals surface area contributed by atoms with Gasteiger partial charge < -0.3 is 15.4 Å². The number of ether oxygens (including phenoxy) is 1. The van der Waals surface area contributed by atoms with Gasteiger partial charge in [-0.2, -0.15) is 0 Å². The summed E-state index contributed by atoms with van der Waals surface area (Å²) in [5, 5.41) is 5.92. The number of amides is 1. The van der Waals surface area contributed by atoms with E-state index in [2.05, 4.69) is 33.2 Å². The highest BCUT2D eigenvalue weighted by molar-refractivity contribution is 14.1. The lowest BCUT2D eigenvalue weighted by molar-refractivity contribution is -0.118. The van der Waals surface area contributed by atoms with Gasteiger partial charge in [0.25, 0.3) is 5.91 Å². The minimum Gasteiger partial charge on any atom is -0.483 e. The Morgan fingerprint density at radius 2 is 1.86 bits per heavy atom. The van der Waals surface area contributed by atoms with E-state index in [1.165, 1.54) is 0 Å². The molecule has 0 bridgehead atoms. The van der Waals surface area contributed by atoms with Crippen LogP contribution in [0.2, 0.25) is 0 Å². The van der Waals surface area contributed by atoms with Gasteiger partial charge in [-0.3, -0.25) is 4.79 Å². The van der Waals surface area contributed by atoms with Crippen LogP contribution in [0.1, 0.15) is 5.56 Å². The lowest BCUT2D eigenvalue weighted by atomic mass is 10.2. The van der Waals surface area contributed by atoms with E-state index >= 15 is 0 Å². The third-order valence-corrected chi connectivity index (χ3v) is 3.79. The minimum atomic E-state index is -0.168. The van der Waals surface area contributed by atoms with Crippen LogP contribution < -0.4 is 15.4 Å². The molecule has 0 radical (unpaired) electrons. The topological polar surface area (TPSA) is 50.4 Å². The molecule has 5 heteroatoms. The highest BCUT2D eigenvalue weighted by Crippen LogP contribution is 2.19. The number of benzene rings is 2. The number of carbonyl (C=O) groups is 1. The van der Waals surface area contributed by atoms with E-state index < -0.39 is 0 Å². The maximum atomic E-state index is 12.0. The number of rotatable bonds is 6. The van der Waals surface area contributed by atoms with E-state index in [-0.39, 0.29) is 12.5 Å². The molecule has 0 fully saturated rings. The smallest absolute Gasteiger partial charge is 0.262 e. The molecule has 2 N–H and O–H groups in total. The summed E-state index contributed by atoms with van der Waals surface area (Å²) in [5.74, 6) is 0.558. The molecule has 110 valence electrons. The van der Waals surface area contributed by atoms with Gasteiger partial charge in [-0.15, -0.1) is 0 Å². The molecule has 0 saturated heterocycles. The van der Waals surface area contributed by atoms with E-state index in [9.17, 15) is 4.79 Å². The molecule has 2 aromatic rings. The molecule has 0 atom stereocenters. The molecule has 0 aromatic heterocycles. The van der Waals surface area contributed by atoms with Gasteiger partial charge in [0.15, 0.2) is 6.61 Å². The standard InChI is InChI=1S/C16H17IN2O2/c1-18-10-12-6-2-5-9-15(12)21-11-16(20)19-14-8-4-3-7-13(14)17/h2-9,18H,10-11H2,1H3,(H,19,20). The third kappa shape index (κ3) is 4.71. The molecule has 0 unspecified atom stereocenters. The molecular weight excluding hydrogens is 379 g/mol. The average molecular weight is 396 g/mol. The Hall–Kier alpha value is -1.60. The van der Waals surface area contributed by atoms with Crippen LogP contribution in [0, 0.1) is 3.57 Å². The second kappa shape index (κ2) is 7.99. The van der Waals surface area contributed by atoms with Crippen LogP contribution in [0.4, 0.5) is 5.69 Å². The van der Waals surface area contributed by atoms with Crippen LogP contribution >= 0.6 is 22.6 Å². The zero-order chi connectivity index (χ0) is 15.1. The quantitative estimate of drug-likeness (QED) is 0.739. The predicted molar refractivity (Wildman–Crippen MR) is 92.5 cm³/mol. The SMILES string of the molecule is CNCc1ccccc1OCC(=O)Nc1ccccc1I. The van der Waals surface area contributed by atoms with Gasteiger partial charge in [-0.25, -0.2) is 0 Å². The summed E-state index contributed by atoms with van der Waals surface area (Å²) in [7, 11) is 1.88. The Morgan fingerprint density at radius 1 is 1.14 bits per heavy atom. The maximum Gasteiger partial charge on any atom is 0.262 e. The van der Waals surface area contributed by atoms with Crippen LogP contribution in [0.3, 0.4) is 0 Å². The van der Waals surface area contributed by atoms with Crippen molar-refractivity contribution >= 4 is 34.2 Å². The Labute approximate surface area is 138 Å². The summed E-state index contributed by atoms with van der Waals surface area (Å²) in [6.45, 7) is 0.695. The summed E-state index contributed by atoms with van der Waals surface area (Å²) in [6.07, 6.45) is 0. The van der Waals surface area contributed by atoms with E-state index in [0.29, 0.717) is 6.54 Å². The Morgan fingerprint density at radius 3 is 2.62 bits per heavy atom. The van der Waals surface area contributed by atoms with E-state index in [4.69, 9.17) is 4.74 Å². The maximum absolute atomic E-state index is 12.0. The summed E-state index contributed by atoms with van der Waals surface area (Å²) >= 11 is 2.19. The van der Waals surface area contributed by atoms with Gasteiger partial charge in [0.2, 0.25) is 0 Å². The van der Waals surface area contributed by atoms with E-state index in [1.54, 1.807) is 0 Å². The van der Waals surface area contributed by atoms with Gasteiger partial charge in [0, 0.05) is 15.7 Å². The number of hydrogen-bond donors (Lipinski definition) is 2. The fraction of sp³-hybridized carbons (Fsp3) is 0.188. The fourth-order valence-electron chi connectivity index (χ4n) is 1.87. The molecule has 0 saturated carbocycles. The van der Waals surface area contributed by atoms with Crippen molar-refractivity contribution in [2.75, 3.05) is 19.0 Å². The second-order valence-electron chi connectivity index (χ2n) is 4.45. The molecule has 0 aliphatic heterocycles. The fourth-order valence-corrected chi connectivity index (χ4v) is 2.40. The summed E-state index contributed by atoms with van der Waals surface area (Å²) in [5.41, 5.74) is 1.83. The molecule has 0 aliphatic rings. The van der Waals surface area contributed by atoms with E-state index in [0.717, 1.165) is 20.6 Å². The van der Waals surface area contributed by atoms with E-state index in [1.807, 2.05) is 55.6 Å². The lowest BCUT2D eigenvalue weighted by Gasteiger charge is -2.12. The lowest BCUT2D eigenvalue weighted by Crippen LogP contribution is -2.21. The van der Waals surface area contributed by atoms with Crippen molar-refractivity contribution in [1.82, 2.24) is 5.32 Å². The molecule has 21 heavy (non-hydrogen) atoms. The summed E-state index contributed by atoms with van der Waals surface area (Å²) < 4.78 is 6.61. The molecule has 0 spiro atoms. The highest BCUT2D eigenvalue weighted by Gasteiger charge is 2.08. The van der Waals surface area contributed by atoms with Crippen LogP contribution in [-0.2, 0) is 11.3 Å². The van der Waals surface area contributed by atoms with Crippen molar-refractivity contribution in [2.24, 2.45) is 0 Å². The van der Waals surface area contributed by atoms with Crippen molar-refractivity contribution in [1.29, 1.82) is 0 Å².